The van der Waals surface area contributed by atoms with Crippen molar-refractivity contribution >= 4 is 27.3 Å². The van der Waals surface area contributed by atoms with Crippen LogP contribution in [0.15, 0.2) is 40.9 Å². The minimum Gasteiger partial charge on any atom is -0.490 e. The molecule has 0 atom stereocenters. The molecule has 1 heterocycles. The largest absolute Gasteiger partial charge is 0.490 e. The molecule has 3 rings (SSSR count). The van der Waals surface area contributed by atoms with Gasteiger partial charge in [-0.2, -0.15) is 13.2 Å². The molecule has 22 heavy (non-hydrogen) atoms. The summed E-state index contributed by atoms with van der Waals surface area (Å²) in [7, 11) is 0. The topological polar surface area (TPSA) is 12.5 Å². The fourth-order valence-electron chi connectivity index (χ4n) is 2.41. The molecular weight excluding hydrogens is 359 g/mol. The number of anilines is 2. The molecule has 0 fully saturated rings. The minimum absolute atomic E-state index is 0.262. The molecule has 2 nitrogen and oxygen atoms in total. The van der Waals surface area contributed by atoms with E-state index in [0.717, 1.165) is 27.9 Å². The molecule has 6 heteroatoms. The predicted octanol–water partition coefficient (Wildman–Crippen LogP) is 5.31. The van der Waals surface area contributed by atoms with E-state index in [0.29, 0.717) is 18.8 Å². The van der Waals surface area contributed by atoms with E-state index in [1.807, 2.05) is 30.0 Å². The number of nitrogens with zero attached hydrogens (tertiary/aromatic N) is 1. The van der Waals surface area contributed by atoms with Crippen molar-refractivity contribution in [3.63, 3.8) is 0 Å². The van der Waals surface area contributed by atoms with Gasteiger partial charge in [-0.3, -0.25) is 0 Å². The number of benzene rings is 2. The van der Waals surface area contributed by atoms with Gasteiger partial charge in [-0.15, -0.1) is 0 Å². The Labute approximate surface area is 134 Å². The fraction of sp³-hybridized carbons (Fsp3) is 0.250. The molecule has 0 amide bonds. The SMILES string of the molecule is Cc1ccc(N2CCOc3cc(C(F)(F)F)ccc32)cc1Br. The number of hydrogen-bond acceptors (Lipinski definition) is 2. The second-order valence-electron chi connectivity index (χ2n) is 5.11. The number of halogens is 4. The molecule has 1 aliphatic rings. The highest BCUT2D eigenvalue weighted by Crippen LogP contribution is 2.41. The molecule has 0 saturated carbocycles. The predicted molar refractivity (Wildman–Crippen MR) is 82.8 cm³/mol. The lowest BCUT2D eigenvalue weighted by Gasteiger charge is -2.32. The Morgan fingerprint density at radius 1 is 1.14 bits per heavy atom. The van der Waals surface area contributed by atoms with Crippen molar-refractivity contribution in [3.05, 3.63) is 52.0 Å². The highest BCUT2D eigenvalue weighted by atomic mass is 79.9. The Morgan fingerprint density at radius 2 is 1.91 bits per heavy atom. The number of rotatable bonds is 1. The van der Waals surface area contributed by atoms with Crippen LogP contribution in [0.5, 0.6) is 5.75 Å². The van der Waals surface area contributed by atoms with Gasteiger partial charge in [-0.05, 0) is 42.8 Å². The third-order valence-electron chi connectivity index (χ3n) is 3.62. The van der Waals surface area contributed by atoms with Crippen LogP contribution in [0.3, 0.4) is 0 Å². The summed E-state index contributed by atoms with van der Waals surface area (Å²) in [5.74, 6) is 0.262. The molecule has 0 N–H and O–H groups in total. The zero-order chi connectivity index (χ0) is 15.9. The lowest BCUT2D eigenvalue weighted by molar-refractivity contribution is -0.137. The highest BCUT2D eigenvalue weighted by molar-refractivity contribution is 9.10. The van der Waals surface area contributed by atoms with Gasteiger partial charge in [0.15, 0.2) is 0 Å². The van der Waals surface area contributed by atoms with Crippen molar-refractivity contribution in [2.45, 2.75) is 13.1 Å². The minimum atomic E-state index is -4.37. The van der Waals surface area contributed by atoms with Crippen molar-refractivity contribution in [3.8, 4) is 5.75 Å². The average Bonchev–Trinajstić information content (AvgIpc) is 2.48. The summed E-state index contributed by atoms with van der Waals surface area (Å²) in [5, 5.41) is 0. The van der Waals surface area contributed by atoms with Crippen LogP contribution in [-0.4, -0.2) is 13.2 Å². The first-order valence-electron chi connectivity index (χ1n) is 6.74. The van der Waals surface area contributed by atoms with Gasteiger partial charge in [0.05, 0.1) is 17.8 Å². The van der Waals surface area contributed by atoms with Crippen LogP contribution in [0.25, 0.3) is 0 Å². The van der Waals surface area contributed by atoms with Gasteiger partial charge in [0.1, 0.15) is 12.4 Å². The van der Waals surface area contributed by atoms with E-state index < -0.39 is 11.7 Å². The molecule has 2 aromatic rings. The van der Waals surface area contributed by atoms with E-state index in [-0.39, 0.29) is 5.75 Å². The molecule has 0 radical (unpaired) electrons. The molecule has 0 spiro atoms. The molecule has 116 valence electrons. The lowest BCUT2D eigenvalue weighted by Crippen LogP contribution is -2.28. The summed E-state index contributed by atoms with van der Waals surface area (Å²) in [6.45, 7) is 2.92. The normalized spacial score (nSPS) is 14.5. The monoisotopic (exact) mass is 371 g/mol. The number of fused-ring (bicyclic) bond motifs is 1. The smallest absolute Gasteiger partial charge is 0.416 e. The Balaban J connectivity index is 2.03. The molecule has 0 aromatic heterocycles. The third kappa shape index (κ3) is 2.79. The first-order valence-corrected chi connectivity index (χ1v) is 7.53. The zero-order valence-electron chi connectivity index (χ0n) is 11.7. The van der Waals surface area contributed by atoms with Gasteiger partial charge in [0.2, 0.25) is 0 Å². The highest BCUT2D eigenvalue weighted by Gasteiger charge is 2.32. The summed E-state index contributed by atoms with van der Waals surface area (Å²) in [6, 6.07) is 9.49. The first kappa shape index (κ1) is 15.2. The Morgan fingerprint density at radius 3 is 2.59 bits per heavy atom. The maximum absolute atomic E-state index is 12.8. The molecule has 1 aliphatic heterocycles. The number of hydrogen-bond donors (Lipinski definition) is 0. The van der Waals surface area contributed by atoms with Gasteiger partial charge in [-0.1, -0.05) is 22.0 Å². The molecule has 0 bridgehead atoms. The standard InChI is InChI=1S/C16H13BrF3NO/c1-10-2-4-12(9-13(10)17)21-6-7-22-15-8-11(16(18,19)20)3-5-14(15)21/h2-5,8-9H,6-7H2,1H3. The van der Waals surface area contributed by atoms with Gasteiger partial charge in [0.25, 0.3) is 0 Å². The van der Waals surface area contributed by atoms with E-state index in [4.69, 9.17) is 4.74 Å². The zero-order valence-corrected chi connectivity index (χ0v) is 13.3. The van der Waals surface area contributed by atoms with E-state index in [9.17, 15) is 13.2 Å². The second kappa shape index (κ2) is 5.50. The Bertz CT molecular complexity index is 715. The van der Waals surface area contributed by atoms with Crippen molar-refractivity contribution in [1.82, 2.24) is 0 Å². The molecule has 0 aliphatic carbocycles. The summed E-state index contributed by atoms with van der Waals surface area (Å²) in [6.07, 6.45) is -4.37. The third-order valence-corrected chi connectivity index (χ3v) is 4.47. The van der Waals surface area contributed by atoms with E-state index in [1.165, 1.54) is 6.07 Å². The maximum atomic E-state index is 12.8. The molecule has 2 aromatic carbocycles. The van der Waals surface area contributed by atoms with E-state index >= 15 is 0 Å². The van der Waals surface area contributed by atoms with Crippen LogP contribution >= 0.6 is 15.9 Å². The van der Waals surface area contributed by atoms with Crippen LogP contribution in [0.2, 0.25) is 0 Å². The van der Waals surface area contributed by atoms with Crippen molar-refractivity contribution < 1.29 is 17.9 Å². The van der Waals surface area contributed by atoms with E-state index in [1.54, 1.807) is 0 Å². The second-order valence-corrected chi connectivity index (χ2v) is 5.97. The Hall–Kier alpha value is -1.69. The Kier molecular flexibility index (Phi) is 3.80. The number of aryl methyl sites for hydroxylation is 1. The van der Waals surface area contributed by atoms with Gasteiger partial charge >= 0.3 is 6.18 Å². The average molecular weight is 372 g/mol. The van der Waals surface area contributed by atoms with Crippen LogP contribution in [0.4, 0.5) is 24.5 Å². The molecule has 0 saturated heterocycles. The first-order chi connectivity index (χ1) is 10.4. The fourth-order valence-corrected chi connectivity index (χ4v) is 2.78. The van der Waals surface area contributed by atoms with Crippen molar-refractivity contribution in [2.24, 2.45) is 0 Å². The summed E-state index contributed by atoms with van der Waals surface area (Å²) in [4.78, 5) is 1.96. The number of alkyl halides is 3. The maximum Gasteiger partial charge on any atom is 0.416 e. The lowest BCUT2D eigenvalue weighted by atomic mass is 10.1. The van der Waals surface area contributed by atoms with Gasteiger partial charge in [-0.25, -0.2) is 0 Å². The molecule has 0 unspecified atom stereocenters. The summed E-state index contributed by atoms with van der Waals surface area (Å²) >= 11 is 3.48. The van der Waals surface area contributed by atoms with Crippen LogP contribution in [0, 0.1) is 6.92 Å². The van der Waals surface area contributed by atoms with Crippen molar-refractivity contribution in [2.75, 3.05) is 18.1 Å². The molecular formula is C16H13BrF3NO. The van der Waals surface area contributed by atoms with E-state index in [2.05, 4.69) is 15.9 Å². The van der Waals surface area contributed by atoms with Gasteiger partial charge in [0, 0.05) is 10.2 Å². The summed E-state index contributed by atoms with van der Waals surface area (Å²) in [5.41, 5.74) is 1.97. The van der Waals surface area contributed by atoms with Crippen molar-refractivity contribution in [1.29, 1.82) is 0 Å². The quantitative estimate of drug-likeness (QED) is 0.673. The van der Waals surface area contributed by atoms with Crippen LogP contribution in [0.1, 0.15) is 11.1 Å². The number of ether oxygens (including phenoxy) is 1. The summed E-state index contributed by atoms with van der Waals surface area (Å²) < 4.78 is 44.8. The van der Waals surface area contributed by atoms with Crippen LogP contribution in [-0.2, 0) is 6.18 Å². The van der Waals surface area contributed by atoms with Crippen LogP contribution < -0.4 is 9.64 Å². The van der Waals surface area contributed by atoms with Gasteiger partial charge < -0.3 is 9.64 Å².